The Kier molecular flexibility index (Phi) is 4.98. The molecule has 6 heteroatoms. The number of hydrogen-bond acceptors (Lipinski definition) is 3. The highest BCUT2D eigenvalue weighted by Crippen LogP contribution is 2.18. The minimum atomic E-state index is -0.245. The molecule has 0 aliphatic heterocycles. The summed E-state index contributed by atoms with van der Waals surface area (Å²) in [4.78, 5) is 17.5. The number of imidazole rings is 1. The van der Waals surface area contributed by atoms with E-state index in [0.29, 0.717) is 24.4 Å². The van der Waals surface area contributed by atoms with E-state index in [4.69, 9.17) is 4.98 Å². The minimum Gasteiger partial charge on any atom is -0.351 e. The molecular weight excluding hydrogens is 361 g/mol. The zero-order valence-electron chi connectivity index (χ0n) is 14.6. The zero-order chi connectivity index (χ0) is 18.6. The third-order valence-electron chi connectivity index (χ3n) is 4.37. The summed E-state index contributed by atoms with van der Waals surface area (Å²) >= 11 is 1.42. The van der Waals surface area contributed by atoms with Gasteiger partial charge in [-0.25, -0.2) is 9.37 Å². The lowest BCUT2D eigenvalue weighted by Gasteiger charge is -2.10. The number of benzene rings is 2. The fraction of sp³-hybridized carbons (Fsp3) is 0.143. The number of para-hydroxylation sites is 2. The Morgan fingerprint density at radius 3 is 2.67 bits per heavy atom. The molecule has 0 radical (unpaired) electrons. The highest BCUT2D eigenvalue weighted by atomic mass is 32.1. The number of halogens is 1. The van der Waals surface area contributed by atoms with E-state index in [-0.39, 0.29) is 11.7 Å². The molecule has 4 aromatic rings. The molecule has 0 atom stereocenters. The van der Waals surface area contributed by atoms with Gasteiger partial charge in [-0.15, -0.1) is 11.3 Å². The van der Waals surface area contributed by atoms with Gasteiger partial charge in [0, 0.05) is 19.5 Å². The molecule has 0 aliphatic rings. The Hall–Kier alpha value is -2.99. The van der Waals surface area contributed by atoms with Gasteiger partial charge in [0.15, 0.2) is 0 Å². The Morgan fingerprint density at radius 2 is 1.89 bits per heavy atom. The first-order chi connectivity index (χ1) is 13.2. The van der Waals surface area contributed by atoms with Crippen molar-refractivity contribution >= 4 is 28.3 Å². The Bertz CT molecular complexity index is 1050. The minimum absolute atomic E-state index is 0.0637. The lowest BCUT2D eigenvalue weighted by atomic mass is 10.2. The molecule has 27 heavy (non-hydrogen) atoms. The Morgan fingerprint density at radius 1 is 1.07 bits per heavy atom. The van der Waals surface area contributed by atoms with Crippen LogP contribution in [0.5, 0.6) is 0 Å². The van der Waals surface area contributed by atoms with E-state index in [1.54, 1.807) is 12.1 Å². The summed E-state index contributed by atoms with van der Waals surface area (Å²) < 4.78 is 15.3. The molecule has 0 saturated carbocycles. The summed E-state index contributed by atoms with van der Waals surface area (Å²) in [6.45, 7) is 1.11. The standard InChI is InChI=1S/C21H18FN3OS/c22-16-9-7-15(8-10-16)14-25-18-5-2-1-4-17(18)24-20(25)11-12-23-21(26)19-6-3-13-27-19/h1-10,13H,11-12,14H2,(H,23,26). The van der Waals surface area contributed by atoms with E-state index >= 15 is 0 Å². The first-order valence-corrected chi connectivity index (χ1v) is 9.59. The first kappa shape index (κ1) is 17.4. The lowest BCUT2D eigenvalue weighted by Crippen LogP contribution is -2.25. The van der Waals surface area contributed by atoms with Gasteiger partial charge >= 0.3 is 0 Å². The maximum Gasteiger partial charge on any atom is 0.261 e. The SMILES string of the molecule is O=C(NCCc1nc2ccccc2n1Cc1ccc(F)cc1)c1cccs1. The average Bonchev–Trinajstić information content (AvgIpc) is 3.33. The molecular formula is C21H18FN3OS. The summed E-state index contributed by atoms with van der Waals surface area (Å²) in [6.07, 6.45) is 0.618. The predicted molar refractivity (Wildman–Crippen MR) is 106 cm³/mol. The molecule has 4 nitrogen and oxygen atoms in total. The first-order valence-electron chi connectivity index (χ1n) is 8.71. The van der Waals surface area contributed by atoms with Crippen molar-refractivity contribution in [3.8, 4) is 0 Å². The van der Waals surface area contributed by atoms with Crippen LogP contribution in [-0.2, 0) is 13.0 Å². The molecule has 0 saturated heterocycles. The van der Waals surface area contributed by atoms with Crippen molar-refractivity contribution in [3.05, 3.63) is 88.1 Å². The van der Waals surface area contributed by atoms with Crippen LogP contribution in [0.2, 0.25) is 0 Å². The van der Waals surface area contributed by atoms with Crippen molar-refractivity contribution in [1.29, 1.82) is 0 Å². The summed E-state index contributed by atoms with van der Waals surface area (Å²) in [5, 5.41) is 4.83. The van der Waals surface area contributed by atoms with Gasteiger partial charge in [0.05, 0.1) is 15.9 Å². The molecule has 1 amide bonds. The third-order valence-corrected chi connectivity index (χ3v) is 5.24. The van der Waals surface area contributed by atoms with Crippen molar-refractivity contribution < 1.29 is 9.18 Å². The smallest absolute Gasteiger partial charge is 0.261 e. The van der Waals surface area contributed by atoms with Crippen LogP contribution >= 0.6 is 11.3 Å². The van der Waals surface area contributed by atoms with Crippen LogP contribution in [0.3, 0.4) is 0 Å². The topological polar surface area (TPSA) is 46.9 Å². The van der Waals surface area contributed by atoms with Crippen LogP contribution in [-0.4, -0.2) is 22.0 Å². The van der Waals surface area contributed by atoms with Gasteiger partial charge < -0.3 is 9.88 Å². The van der Waals surface area contributed by atoms with E-state index < -0.39 is 0 Å². The van der Waals surface area contributed by atoms with E-state index in [0.717, 1.165) is 22.4 Å². The van der Waals surface area contributed by atoms with Crippen LogP contribution in [0.4, 0.5) is 4.39 Å². The number of amides is 1. The second-order valence-electron chi connectivity index (χ2n) is 6.21. The molecule has 1 N–H and O–H groups in total. The third kappa shape index (κ3) is 3.90. The van der Waals surface area contributed by atoms with Gasteiger partial charge in [0.25, 0.3) is 5.91 Å². The number of nitrogens with zero attached hydrogens (tertiary/aromatic N) is 2. The zero-order valence-corrected chi connectivity index (χ0v) is 15.4. The second kappa shape index (κ2) is 7.72. The number of aromatic nitrogens is 2. The largest absolute Gasteiger partial charge is 0.351 e. The Labute approximate surface area is 160 Å². The van der Waals surface area contributed by atoms with Gasteiger partial charge in [-0.05, 0) is 41.3 Å². The van der Waals surface area contributed by atoms with Crippen molar-refractivity contribution in [2.24, 2.45) is 0 Å². The fourth-order valence-corrected chi connectivity index (χ4v) is 3.69. The number of rotatable bonds is 6. The lowest BCUT2D eigenvalue weighted by molar-refractivity contribution is 0.0958. The average molecular weight is 379 g/mol. The summed E-state index contributed by atoms with van der Waals surface area (Å²) in [6, 6.07) is 18.1. The monoisotopic (exact) mass is 379 g/mol. The van der Waals surface area contributed by atoms with Crippen molar-refractivity contribution in [2.45, 2.75) is 13.0 Å². The number of thiophene rings is 1. The Balaban J connectivity index is 1.54. The summed E-state index contributed by atoms with van der Waals surface area (Å²) in [5.41, 5.74) is 2.95. The maximum absolute atomic E-state index is 13.2. The van der Waals surface area contributed by atoms with Crippen molar-refractivity contribution in [3.63, 3.8) is 0 Å². The maximum atomic E-state index is 13.2. The molecule has 0 bridgehead atoms. The fourth-order valence-electron chi connectivity index (χ4n) is 3.05. The van der Waals surface area contributed by atoms with Crippen LogP contribution in [0.15, 0.2) is 66.0 Å². The molecule has 0 unspecified atom stereocenters. The number of nitrogens with one attached hydrogen (secondary N) is 1. The molecule has 0 fully saturated rings. The number of hydrogen-bond donors (Lipinski definition) is 1. The van der Waals surface area contributed by atoms with E-state index in [9.17, 15) is 9.18 Å². The van der Waals surface area contributed by atoms with Gasteiger partial charge in [0.2, 0.25) is 0 Å². The molecule has 2 heterocycles. The number of carbonyl (C=O) groups is 1. The normalized spacial score (nSPS) is 11.0. The molecule has 136 valence electrons. The number of fused-ring (bicyclic) bond motifs is 1. The van der Waals surface area contributed by atoms with E-state index in [2.05, 4.69) is 9.88 Å². The molecule has 0 aliphatic carbocycles. The van der Waals surface area contributed by atoms with E-state index in [1.165, 1.54) is 23.5 Å². The highest BCUT2D eigenvalue weighted by molar-refractivity contribution is 7.12. The molecule has 2 aromatic carbocycles. The van der Waals surface area contributed by atoms with Crippen LogP contribution < -0.4 is 5.32 Å². The van der Waals surface area contributed by atoms with Crippen LogP contribution in [0.25, 0.3) is 11.0 Å². The quantitative estimate of drug-likeness (QED) is 0.544. The van der Waals surface area contributed by atoms with Crippen molar-refractivity contribution in [2.75, 3.05) is 6.54 Å². The van der Waals surface area contributed by atoms with Gasteiger partial charge in [-0.1, -0.05) is 30.3 Å². The number of carbonyl (C=O) groups excluding carboxylic acids is 1. The van der Waals surface area contributed by atoms with Gasteiger partial charge in [-0.2, -0.15) is 0 Å². The predicted octanol–water partition coefficient (Wildman–Crippen LogP) is 4.26. The molecule has 0 spiro atoms. The highest BCUT2D eigenvalue weighted by Gasteiger charge is 2.12. The summed E-state index contributed by atoms with van der Waals surface area (Å²) in [7, 11) is 0. The van der Waals surface area contributed by atoms with Crippen molar-refractivity contribution in [1.82, 2.24) is 14.9 Å². The van der Waals surface area contributed by atoms with Gasteiger partial charge in [0.1, 0.15) is 11.6 Å². The summed E-state index contributed by atoms with van der Waals surface area (Å²) in [5.74, 6) is 0.587. The second-order valence-corrected chi connectivity index (χ2v) is 7.16. The van der Waals surface area contributed by atoms with Crippen LogP contribution in [0.1, 0.15) is 21.1 Å². The van der Waals surface area contributed by atoms with Gasteiger partial charge in [-0.3, -0.25) is 4.79 Å². The van der Waals surface area contributed by atoms with Crippen LogP contribution in [0, 0.1) is 5.82 Å². The molecule has 2 aromatic heterocycles. The van der Waals surface area contributed by atoms with E-state index in [1.807, 2.05) is 41.8 Å². The molecule has 4 rings (SSSR count).